The number of hydrogen-bond donors (Lipinski definition) is 2. The van der Waals surface area contributed by atoms with E-state index in [0.717, 1.165) is 23.6 Å². The molecule has 146 valence electrons. The van der Waals surface area contributed by atoms with Crippen LogP contribution in [0.1, 0.15) is 49.8 Å². The average Bonchev–Trinajstić information content (AvgIpc) is 3.13. The lowest BCUT2D eigenvalue weighted by molar-refractivity contribution is -0.116. The molecule has 1 aromatic carbocycles. The summed E-state index contributed by atoms with van der Waals surface area (Å²) in [6.45, 7) is 0. The molecular formula is C21H29N3O3. The molecule has 6 heteroatoms. The summed E-state index contributed by atoms with van der Waals surface area (Å²) < 4.78 is 10.5. The minimum atomic E-state index is -0.0412. The summed E-state index contributed by atoms with van der Waals surface area (Å²) in [6.07, 6.45) is 8.66. The van der Waals surface area contributed by atoms with Crippen molar-refractivity contribution in [3.8, 4) is 11.5 Å². The van der Waals surface area contributed by atoms with Gasteiger partial charge in [0.1, 0.15) is 0 Å². The van der Waals surface area contributed by atoms with Gasteiger partial charge in [-0.05, 0) is 36.5 Å². The number of anilines is 1. The summed E-state index contributed by atoms with van der Waals surface area (Å²) in [5.74, 6) is 2.68. The number of carbonyl (C=O) groups is 1. The summed E-state index contributed by atoms with van der Waals surface area (Å²) in [4.78, 5) is 12.2. The highest BCUT2D eigenvalue weighted by Crippen LogP contribution is 2.28. The van der Waals surface area contributed by atoms with Gasteiger partial charge < -0.3 is 14.8 Å². The van der Waals surface area contributed by atoms with Gasteiger partial charge in [0.05, 0.1) is 14.2 Å². The first-order valence-corrected chi connectivity index (χ1v) is 9.73. The summed E-state index contributed by atoms with van der Waals surface area (Å²) in [6, 6.07) is 7.68. The zero-order chi connectivity index (χ0) is 19.1. The van der Waals surface area contributed by atoms with Gasteiger partial charge in [-0.25, -0.2) is 0 Å². The van der Waals surface area contributed by atoms with E-state index in [1.165, 1.54) is 32.1 Å². The van der Waals surface area contributed by atoms with Gasteiger partial charge in [0.25, 0.3) is 0 Å². The smallest absolute Gasteiger partial charge is 0.225 e. The van der Waals surface area contributed by atoms with Gasteiger partial charge in [0, 0.05) is 18.2 Å². The molecule has 0 radical (unpaired) electrons. The molecular weight excluding hydrogens is 342 g/mol. The van der Waals surface area contributed by atoms with Crippen LogP contribution in [0.15, 0.2) is 24.3 Å². The first kappa shape index (κ1) is 19.3. The van der Waals surface area contributed by atoms with Crippen molar-refractivity contribution in [3.63, 3.8) is 0 Å². The van der Waals surface area contributed by atoms with E-state index in [0.29, 0.717) is 30.2 Å². The maximum Gasteiger partial charge on any atom is 0.225 e. The van der Waals surface area contributed by atoms with E-state index < -0.39 is 0 Å². The molecule has 1 heterocycles. The Bertz CT molecular complexity index is 751. The van der Waals surface area contributed by atoms with E-state index in [4.69, 9.17) is 9.47 Å². The Kier molecular flexibility index (Phi) is 6.74. The predicted molar refractivity (Wildman–Crippen MR) is 105 cm³/mol. The topological polar surface area (TPSA) is 76.2 Å². The third-order valence-electron chi connectivity index (χ3n) is 5.22. The number of methoxy groups -OCH3 is 2. The Hall–Kier alpha value is -2.50. The highest BCUT2D eigenvalue weighted by atomic mass is 16.5. The Morgan fingerprint density at radius 1 is 1.15 bits per heavy atom. The van der Waals surface area contributed by atoms with Crippen LogP contribution < -0.4 is 14.8 Å². The molecule has 27 heavy (non-hydrogen) atoms. The molecule has 1 aliphatic carbocycles. The fourth-order valence-corrected chi connectivity index (χ4v) is 3.73. The maximum absolute atomic E-state index is 12.2. The second-order valence-corrected chi connectivity index (χ2v) is 7.22. The standard InChI is InChI=1S/C21H29N3O3/c1-26-18-10-8-16(13-19(18)27-2)9-11-21(25)22-20-14-17(23-24-20)12-15-6-4-3-5-7-15/h8,10,13-15H,3-7,9,11-12H2,1-2H3,(H2,22,23,24,25). The summed E-state index contributed by atoms with van der Waals surface area (Å²) in [5, 5.41) is 10.2. The highest BCUT2D eigenvalue weighted by Gasteiger charge is 2.15. The van der Waals surface area contributed by atoms with Crippen molar-refractivity contribution in [2.45, 2.75) is 51.4 Å². The van der Waals surface area contributed by atoms with Gasteiger partial charge in [-0.15, -0.1) is 0 Å². The van der Waals surface area contributed by atoms with Crippen molar-refractivity contribution in [2.24, 2.45) is 5.92 Å². The predicted octanol–water partition coefficient (Wildman–Crippen LogP) is 4.12. The molecule has 6 nitrogen and oxygen atoms in total. The van der Waals surface area contributed by atoms with Gasteiger partial charge in [-0.2, -0.15) is 5.10 Å². The lowest BCUT2D eigenvalue weighted by atomic mass is 9.86. The molecule has 0 bridgehead atoms. The number of aromatic nitrogens is 2. The first-order valence-electron chi connectivity index (χ1n) is 9.73. The molecule has 1 fully saturated rings. The van der Waals surface area contributed by atoms with E-state index in [-0.39, 0.29) is 5.91 Å². The average molecular weight is 371 g/mol. The van der Waals surface area contributed by atoms with E-state index in [2.05, 4.69) is 15.5 Å². The third-order valence-corrected chi connectivity index (χ3v) is 5.22. The Morgan fingerprint density at radius 3 is 2.67 bits per heavy atom. The number of aromatic amines is 1. The van der Waals surface area contributed by atoms with Gasteiger partial charge in [0.15, 0.2) is 17.3 Å². The molecule has 2 aromatic rings. The molecule has 0 atom stereocenters. The van der Waals surface area contributed by atoms with Crippen LogP contribution in [0.25, 0.3) is 0 Å². The second-order valence-electron chi connectivity index (χ2n) is 7.22. The minimum absolute atomic E-state index is 0.0412. The zero-order valence-electron chi connectivity index (χ0n) is 16.2. The molecule has 2 N–H and O–H groups in total. The van der Waals surface area contributed by atoms with Crippen LogP contribution in [-0.2, 0) is 17.6 Å². The molecule has 0 saturated heterocycles. The number of nitrogens with zero attached hydrogens (tertiary/aromatic N) is 1. The number of carbonyl (C=O) groups excluding carboxylic acids is 1. The monoisotopic (exact) mass is 371 g/mol. The molecule has 1 saturated carbocycles. The van der Waals surface area contributed by atoms with Crippen molar-refractivity contribution >= 4 is 11.7 Å². The molecule has 0 spiro atoms. The number of nitrogens with one attached hydrogen (secondary N) is 2. The van der Waals surface area contributed by atoms with Crippen molar-refractivity contribution in [1.29, 1.82) is 0 Å². The van der Waals surface area contributed by atoms with Crippen molar-refractivity contribution in [3.05, 3.63) is 35.5 Å². The Morgan fingerprint density at radius 2 is 1.93 bits per heavy atom. The van der Waals surface area contributed by atoms with Crippen LogP contribution in [0.2, 0.25) is 0 Å². The van der Waals surface area contributed by atoms with E-state index in [1.807, 2.05) is 24.3 Å². The van der Waals surface area contributed by atoms with Crippen LogP contribution in [0.3, 0.4) is 0 Å². The van der Waals surface area contributed by atoms with Crippen LogP contribution in [0, 0.1) is 5.92 Å². The molecule has 0 unspecified atom stereocenters. The van der Waals surface area contributed by atoms with Gasteiger partial charge in [-0.3, -0.25) is 9.89 Å². The SMILES string of the molecule is COc1ccc(CCC(=O)Nc2cc(CC3CCCCC3)[nH]n2)cc1OC. The summed E-state index contributed by atoms with van der Waals surface area (Å²) >= 11 is 0. The number of rotatable bonds is 8. The number of amides is 1. The summed E-state index contributed by atoms with van der Waals surface area (Å²) in [5.41, 5.74) is 2.14. The van der Waals surface area contributed by atoms with Crippen LogP contribution in [-0.4, -0.2) is 30.3 Å². The number of ether oxygens (including phenoxy) is 2. The van der Waals surface area contributed by atoms with E-state index >= 15 is 0 Å². The van der Waals surface area contributed by atoms with Crippen LogP contribution in [0.5, 0.6) is 11.5 Å². The lowest BCUT2D eigenvalue weighted by Crippen LogP contribution is -2.12. The van der Waals surface area contributed by atoms with Gasteiger partial charge >= 0.3 is 0 Å². The van der Waals surface area contributed by atoms with Gasteiger partial charge in [0.2, 0.25) is 5.91 Å². The molecule has 1 aromatic heterocycles. The fraction of sp³-hybridized carbons (Fsp3) is 0.524. The Labute approximate surface area is 160 Å². The number of hydrogen-bond acceptors (Lipinski definition) is 4. The first-order chi connectivity index (χ1) is 13.2. The van der Waals surface area contributed by atoms with Crippen molar-refractivity contribution in [2.75, 3.05) is 19.5 Å². The minimum Gasteiger partial charge on any atom is -0.493 e. The highest BCUT2D eigenvalue weighted by molar-refractivity contribution is 5.89. The normalized spacial score (nSPS) is 14.7. The maximum atomic E-state index is 12.2. The third kappa shape index (κ3) is 5.49. The molecule has 0 aliphatic heterocycles. The number of benzene rings is 1. The van der Waals surface area contributed by atoms with Crippen molar-refractivity contribution in [1.82, 2.24) is 10.2 Å². The van der Waals surface area contributed by atoms with Crippen LogP contribution in [0.4, 0.5) is 5.82 Å². The largest absolute Gasteiger partial charge is 0.493 e. The fourth-order valence-electron chi connectivity index (χ4n) is 3.73. The van der Waals surface area contributed by atoms with Crippen LogP contribution >= 0.6 is 0 Å². The quantitative estimate of drug-likeness (QED) is 0.732. The lowest BCUT2D eigenvalue weighted by Gasteiger charge is -2.20. The summed E-state index contributed by atoms with van der Waals surface area (Å²) in [7, 11) is 3.22. The molecule has 3 rings (SSSR count). The molecule has 1 aliphatic rings. The van der Waals surface area contributed by atoms with E-state index in [9.17, 15) is 4.79 Å². The second kappa shape index (κ2) is 9.44. The van der Waals surface area contributed by atoms with Gasteiger partial charge in [-0.1, -0.05) is 38.2 Å². The molecule has 1 amide bonds. The number of H-pyrrole nitrogens is 1. The van der Waals surface area contributed by atoms with E-state index in [1.54, 1.807) is 14.2 Å². The Balaban J connectivity index is 1.48. The van der Waals surface area contributed by atoms with Crippen molar-refractivity contribution < 1.29 is 14.3 Å². The zero-order valence-corrected chi connectivity index (χ0v) is 16.2. The number of aryl methyl sites for hydroxylation is 1.